The summed E-state index contributed by atoms with van der Waals surface area (Å²) in [5, 5.41) is 27.9. The van der Waals surface area contributed by atoms with E-state index in [0.717, 1.165) is 6.92 Å². The topological polar surface area (TPSA) is 150 Å². The van der Waals surface area contributed by atoms with Crippen molar-refractivity contribution >= 4 is 17.8 Å². The van der Waals surface area contributed by atoms with Gasteiger partial charge in [0.15, 0.2) is 0 Å². The standard InChI is InChI=1S/C8H14N2O6/c1-8(16,7(14)15)10-5(11)3-2-4(9)6(12)13/h4,16H,2-3,9H2,1H3,(H,10,11)(H,12,13)(H,14,15)/t4-,8?/m0/s1. The van der Waals surface area contributed by atoms with Gasteiger partial charge >= 0.3 is 11.9 Å². The quantitative estimate of drug-likeness (QED) is 0.336. The van der Waals surface area contributed by atoms with Gasteiger partial charge in [-0.25, -0.2) is 4.79 Å². The molecule has 8 nitrogen and oxygen atoms in total. The van der Waals surface area contributed by atoms with Crippen LogP contribution in [0.1, 0.15) is 19.8 Å². The van der Waals surface area contributed by atoms with E-state index in [0.29, 0.717) is 0 Å². The van der Waals surface area contributed by atoms with Gasteiger partial charge in [-0.05, 0) is 13.3 Å². The lowest BCUT2D eigenvalue weighted by Gasteiger charge is -2.19. The summed E-state index contributed by atoms with van der Waals surface area (Å²) in [6.07, 6.45) is -0.423. The third-order valence-electron chi connectivity index (χ3n) is 1.80. The molecule has 16 heavy (non-hydrogen) atoms. The Bertz CT molecular complexity index is 301. The van der Waals surface area contributed by atoms with E-state index in [9.17, 15) is 14.4 Å². The van der Waals surface area contributed by atoms with Crippen LogP contribution in [0.5, 0.6) is 0 Å². The lowest BCUT2D eigenvalue weighted by atomic mass is 10.1. The van der Waals surface area contributed by atoms with Gasteiger partial charge in [-0.1, -0.05) is 0 Å². The molecule has 0 heterocycles. The van der Waals surface area contributed by atoms with Crippen LogP contribution in [0.3, 0.4) is 0 Å². The molecule has 0 aromatic carbocycles. The fourth-order valence-electron chi connectivity index (χ4n) is 0.798. The molecule has 0 aliphatic heterocycles. The third kappa shape index (κ3) is 4.71. The van der Waals surface area contributed by atoms with Crippen molar-refractivity contribution < 1.29 is 29.7 Å². The number of carboxylic acid groups (broad SMARTS) is 2. The van der Waals surface area contributed by atoms with E-state index < -0.39 is 29.6 Å². The van der Waals surface area contributed by atoms with Gasteiger partial charge in [0, 0.05) is 6.42 Å². The molecule has 0 aromatic heterocycles. The van der Waals surface area contributed by atoms with Crippen LogP contribution in [0, 0.1) is 0 Å². The average molecular weight is 234 g/mol. The predicted octanol–water partition coefficient (Wildman–Crippen LogP) is -1.91. The molecule has 0 radical (unpaired) electrons. The number of carbonyl (C=O) groups is 3. The van der Waals surface area contributed by atoms with Gasteiger partial charge < -0.3 is 26.4 Å². The van der Waals surface area contributed by atoms with Crippen LogP contribution in [-0.2, 0) is 14.4 Å². The molecule has 2 atom stereocenters. The normalized spacial score (nSPS) is 15.9. The minimum atomic E-state index is -2.37. The van der Waals surface area contributed by atoms with Crippen molar-refractivity contribution in [1.82, 2.24) is 5.32 Å². The van der Waals surface area contributed by atoms with Crippen LogP contribution in [0.25, 0.3) is 0 Å². The summed E-state index contributed by atoms with van der Waals surface area (Å²) in [7, 11) is 0. The lowest BCUT2D eigenvalue weighted by Crippen LogP contribution is -2.52. The van der Waals surface area contributed by atoms with E-state index in [4.69, 9.17) is 21.1 Å². The van der Waals surface area contributed by atoms with Crippen LogP contribution in [0.15, 0.2) is 0 Å². The summed E-state index contributed by atoms with van der Waals surface area (Å²) in [6.45, 7) is 0.893. The Balaban J connectivity index is 4.11. The van der Waals surface area contributed by atoms with E-state index in [2.05, 4.69) is 0 Å². The number of amides is 1. The Morgan fingerprint density at radius 2 is 1.88 bits per heavy atom. The van der Waals surface area contributed by atoms with Gasteiger partial charge in [0.05, 0.1) is 0 Å². The minimum absolute atomic E-state index is 0.142. The first-order valence-electron chi connectivity index (χ1n) is 4.42. The summed E-state index contributed by atoms with van der Waals surface area (Å²) in [4.78, 5) is 31.8. The molecule has 6 N–H and O–H groups in total. The molecule has 0 spiro atoms. The first-order chi connectivity index (χ1) is 7.16. The number of carbonyl (C=O) groups excluding carboxylic acids is 1. The van der Waals surface area contributed by atoms with Crippen molar-refractivity contribution in [2.75, 3.05) is 0 Å². The smallest absolute Gasteiger partial charge is 0.356 e. The maximum absolute atomic E-state index is 11.1. The van der Waals surface area contributed by atoms with E-state index in [1.165, 1.54) is 0 Å². The molecule has 92 valence electrons. The second-order valence-electron chi connectivity index (χ2n) is 3.41. The Hall–Kier alpha value is -1.67. The number of nitrogens with one attached hydrogen (secondary N) is 1. The van der Waals surface area contributed by atoms with Crippen LogP contribution < -0.4 is 11.1 Å². The number of hydrogen-bond acceptors (Lipinski definition) is 5. The summed E-state index contributed by atoms with van der Waals surface area (Å²) in [5.74, 6) is -3.65. The Morgan fingerprint density at radius 1 is 1.38 bits per heavy atom. The zero-order valence-corrected chi connectivity index (χ0v) is 8.64. The summed E-state index contributed by atoms with van der Waals surface area (Å²) >= 11 is 0. The van der Waals surface area contributed by atoms with Crippen molar-refractivity contribution in [1.29, 1.82) is 0 Å². The van der Waals surface area contributed by atoms with E-state index in [-0.39, 0.29) is 12.8 Å². The lowest BCUT2D eigenvalue weighted by molar-refractivity contribution is -0.163. The number of aliphatic carboxylic acids is 2. The Kier molecular flexibility index (Phi) is 4.86. The second kappa shape index (κ2) is 5.42. The van der Waals surface area contributed by atoms with Crippen LogP contribution in [0.4, 0.5) is 0 Å². The summed E-state index contributed by atoms with van der Waals surface area (Å²) in [6, 6.07) is -1.19. The van der Waals surface area contributed by atoms with Crippen molar-refractivity contribution in [3.63, 3.8) is 0 Å². The highest BCUT2D eigenvalue weighted by Crippen LogP contribution is 2.01. The number of aliphatic hydroxyl groups is 1. The van der Waals surface area contributed by atoms with Crippen molar-refractivity contribution in [3.05, 3.63) is 0 Å². The number of carboxylic acids is 2. The molecule has 0 bridgehead atoms. The zero-order chi connectivity index (χ0) is 12.9. The predicted molar refractivity (Wildman–Crippen MR) is 51.2 cm³/mol. The number of hydrogen-bond donors (Lipinski definition) is 5. The first kappa shape index (κ1) is 14.3. The average Bonchev–Trinajstić information content (AvgIpc) is 2.12. The maximum Gasteiger partial charge on any atom is 0.356 e. The molecule has 1 amide bonds. The third-order valence-corrected chi connectivity index (χ3v) is 1.80. The highest BCUT2D eigenvalue weighted by Gasteiger charge is 2.31. The molecule has 0 aromatic rings. The van der Waals surface area contributed by atoms with Crippen LogP contribution in [0.2, 0.25) is 0 Å². The summed E-state index contributed by atoms with van der Waals surface area (Å²) in [5.41, 5.74) is 2.76. The largest absolute Gasteiger partial charge is 0.480 e. The number of nitrogens with two attached hydrogens (primary N) is 1. The molecule has 0 fully saturated rings. The van der Waals surface area contributed by atoms with Crippen LogP contribution in [-0.4, -0.2) is 44.9 Å². The van der Waals surface area contributed by atoms with Gasteiger partial charge in [-0.2, -0.15) is 0 Å². The van der Waals surface area contributed by atoms with Gasteiger partial charge in [-0.3, -0.25) is 9.59 Å². The Morgan fingerprint density at radius 3 is 2.25 bits per heavy atom. The molecule has 0 aliphatic rings. The van der Waals surface area contributed by atoms with Gasteiger partial charge in [0.25, 0.3) is 0 Å². The second-order valence-corrected chi connectivity index (χ2v) is 3.41. The van der Waals surface area contributed by atoms with E-state index in [1.54, 1.807) is 0 Å². The Labute approximate surface area is 91.1 Å². The summed E-state index contributed by atoms with van der Waals surface area (Å²) < 4.78 is 0. The molecule has 1 unspecified atom stereocenters. The van der Waals surface area contributed by atoms with Gasteiger partial charge in [-0.15, -0.1) is 0 Å². The van der Waals surface area contributed by atoms with E-state index in [1.807, 2.05) is 5.32 Å². The molecular weight excluding hydrogens is 220 g/mol. The van der Waals surface area contributed by atoms with E-state index >= 15 is 0 Å². The highest BCUT2D eigenvalue weighted by molar-refractivity contribution is 5.85. The molecule has 0 rings (SSSR count). The molecule has 0 saturated carbocycles. The molecular formula is C8H14N2O6. The zero-order valence-electron chi connectivity index (χ0n) is 8.64. The molecule has 0 aliphatic carbocycles. The molecule has 0 saturated heterocycles. The first-order valence-corrected chi connectivity index (χ1v) is 4.42. The maximum atomic E-state index is 11.1. The van der Waals surface area contributed by atoms with Crippen molar-refractivity contribution in [2.24, 2.45) is 5.73 Å². The highest BCUT2D eigenvalue weighted by atomic mass is 16.4. The minimum Gasteiger partial charge on any atom is -0.480 e. The van der Waals surface area contributed by atoms with Gasteiger partial charge in [0.2, 0.25) is 11.6 Å². The monoisotopic (exact) mass is 234 g/mol. The molecule has 8 heteroatoms. The van der Waals surface area contributed by atoms with Gasteiger partial charge in [0.1, 0.15) is 6.04 Å². The van der Waals surface area contributed by atoms with Crippen LogP contribution >= 0.6 is 0 Å². The van der Waals surface area contributed by atoms with Crippen molar-refractivity contribution in [2.45, 2.75) is 31.5 Å². The number of rotatable bonds is 6. The SMILES string of the molecule is CC(O)(NC(=O)CC[C@H](N)C(=O)O)C(=O)O. The van der Waals surface area contributed by atoms with Crippen molar-refractivity contribution in [3.8, 4) is 0 Å². The fraction of sp³-hybridized carbons (Fsp3) is 0.625. The fourth-order valence-corrected chi connectivity index (χ4v) is 0.798.